The number of fused-ring (bicyclic) bond motifs is 1. The average molecular weight is 573 g/mol. The van der Waals surface area contributed by atoms with Crippen LogP contribution in [0.2, 0.25) is 5.02 Å². The Labute approximate surface area is 228 Å². The Morgan fingerprint density at radius 2 is 1.92 bits per heavy atom. The first kappa shape index (κ1) is 26.7. The molecule has 39 heavy (non-hydrogen) atoms. The second kappa shape index (κ2) is 10.3. The Morgan fingerprint density at radius 3 is 2.62 bits per heavy atom. The molecular formula is C28H20ClF3N2O4S. The van der Waals surface area contributed by atoms with E-state index in [9.17, 15) is 22.8 Å². The summed E-state index contributed by atoms with van der Waals surface area (Å²) < 4.78 is 52.1. The van der Waals surface area contributed by atoms with Crippen molar-refractivity contribution in [3.63, 3.8) is 0 Å². The van der Waals surface area contributed by atoms with E-state index in [4.69, 9.17) is 20.8 Å². The van der Waals surface area contributed by atoms with E-state index in [2.05, 4.69) is 4.99 Å². The van der Waals surface area contributed by atoms with Gasteiger partial charge in [-0.1, -0.05) is 47.2 Å². The van der Waals surface area contributed by atoms with Crippen LogP contribution in [0.25, 0.3) is 17.4 Å². The number of rotatable bonds is 5. The first-order valence-corrected chi connectivity index (χ1v) is 13.0. The van der Waals surface area contributed by atoms with Crippen molar-refractivity contribution in [2.75, 3.05) is 6.61 Å². The molecule has 0 fully saturated rings. The van der Waals surface area contributed by atoms with Gasteiger partial charge in [0.25, 0.3) is 5.56 Å². The molecule has 1 aliphatic heterocycles. The van der Waals surface area contributed by atoms with Crippen LogP contribution in [0, 0.1) is 0 Å². The van der Waals surface area contributed by atoms with Crippen LogP contribution in [0.15, 0.2) is 86.1 Å². The molecule has 1 atom stereocenters. The summed E-state index contributed by atoms with van der Waals surface area (Å²) in [5.41, 5.74) is 0.359. The van der Waals surface area contributed by atoms with Crippen LogP contribution in [0.3, 0.4) is 0 Å². The van der Waals surface area contributed by atoms with Crippen LogP contribution in [-0.2, 0) is 15.7 Å². The maximum absolute atomic E-state index is 13.6. The van der Waals surface area contributed by atoms with Crippen LogP contribution < -0.4 is 14.9 Å². The monoisotopic (exact) mass is 572 g/mol. The molecule has 6 nitrogen and oxygen atoms in total. The first-order valence-electron chi connectivity index (χ1n) is 11.8. The Kier molecular flexibility index (Phi) is 7.09. The molecule has 0 aliphatic carbocycles. The highest BCUT2D eigenvalue weighted by Gasteiger charge is 2.33. The van der Waals surface area contributed by atoms with Crippen molar-refractivity contribution >= 4 is 35.0 Å². The molecule has 2 aromatic heterocycles. The predicted molar refractivity (Wildman–Crippen MR) is 141 cm³/mol. The van der Waals surface area contributed by atoms with E-state index < -0.39 is 29.3 Å². The van der Waals surface area contributed by atoms with Crippen LogP contribution in [0.1, 0.15) is 36.8 Å². The number of nitrogens with zero attached hydrogens (tertiary/aromatic N) is 2. The molecular weight excluding hydrogens is 553 g/mol. The number of hydrogen-bond donors (Lipinski definition) is 0. The van der Waals surface area contributed by atoms with Crippen LogP contribution >= 0.6 is 22.9 Å². The summed E-state index contributed by atoms with van der Waals surface area (Å²) in [6, 6.07) is 13.9. The fourth-order valence-corrected chi connectivity index (χ4v) is 5.47. The third-order valence-electron chi connectivity index (χ3n) is 6.08. The highest BCUT2D eigenvalue weighted by Crippen LogP contribution is 2.33. The van der Waals surface area contributed by atoms with E-state index in [-0.39, 0.29) is 33.8 Å². The number of furan rings is 1. The van der Waals surface area contributed by atoms with Gasteiger partial charge in [0, 0.05) is 16.7 Å². The summed E-state index contributed by atoms with van der Waals surface area (Å²) in [4.78, 5) is 31.5. The standard InChI is InChI=1S/C28H20ClF3N2O4S/c1-3-37-26(36)23-15(2)33-27-34(24(23)16-7-9-19(29)10-8-16)25(35)22(39-27)14-20-11-12-21(38-20)17-5-4-6-18(13-17)28(30,31)32/h4-14,24H,3H2,1-2H3/b22-14-/t24-/m0/s1. The van der Waals surface area contributed by atoms with Crippen molar-refractivity contribution in [2.24, 2.45) is 4.99 Å². The largest absolute Gasteiger partial charge is 0.463 e. The highest BCUT2D eigenvalue weighted by molar-refractivity contribution is 7.07. The summed E-state index contributed by atoms with van der Waals surface area (Å²) in [7, 11) is 0. The zero-order valence-corrected chi connectivity index (χ0v) is 22.2. The molecule has 3 heterocycles. The number of aromatic nitrogens is 1. The van der Waals surface area contributed by atoms with Crippen molar-refractivity contribution in [3.8, 4) is 11.3 Å². The minimum absolute atomic E-state index is 0.153. The van der Waals surface area contributed by atoms with Gasteiger partial charge in [-0.15, -0.1) is 0 Å². The second-order valence-corrected chi connectivity index (χ2v) is 10.1. The molecule has 4 aromatic rings. The fraction of sp³-hybridized carbons (Fsp3) is 0.179. The fourth-order valence-electron chi connectivity index (χ4n) is 4.32. The van der Waals surface area contributed by atoms with Crippen molar-refractivity contribution in [1.29, 1.82) is 0 Å². The number of benzene rings is 2. The normalized spacial score (nSPS) is 15.7. The molecule has 0 spiro atoms. The third-order valence-corrected chi connectivity index (χ3v) is 7.31. The van der Waals surface area contributed by atoms with Crippen molar-refractivity contribution < 1.29 is 27.1 Å². The number of halogens is 4. The van der Waals surface area contributed by atoms with Gasteiger partial charge in [-0.05, 0) is 55.8 Å². The number of esters is 1. The average Bonchev–Trinajstić information content (AvgIpc) is 3.48. The summed E-state index contributed by atoms with van der Waals surface area (Å²) in [6.07, 6.45) is -2.98. The number of allylic oxidation sites excluding steroid dienone is 1. The van der Waals surface area contributed by atoms with Crippen molar-refractivity contribution in [2.45, 2.75) is 26.1 Å². The van der Waals surface area contributed by atoms with Gasteiger partial charge >= 0.3 is 12.1 Å². The van der Waals surface area contributed by atoms with Gasteiger partial charge in [0.15, 0.2) is 4.80 Å². The summed E-state index contributed by atoms with van der Waals surface area (Å²) in [5, 5.41) is 0.499. The molecule has 2 aromatic carbocycles. The Bertz CT molecular complexity index is 1780. The van der Waals surface area contributed by atoms with Gasteiger partial charge in [0.1, 0.15) is 11.5 Å². The number of ether oxygens (including phenoxy) is 1. The molecule has 0 amide bonds. The topological polar surface area (TPSA) is 73.8 Å². The lowest BCUT2D eigenvalue weighted by Crippen LogP contribution is -2.39. The third kappa shape index (κ3) is 5.22. The number of carbonyl (C=O) groups excluding carboxylic acids is 1. The molecule has 200 valence electrons. The van der Waals surface area contributed by atoms with E-state index in [0.29, 0.717) is 21.1 Å². The van der Waals surface area contributed by atoms with Crippen LogP contribution in [-0.4, -0.2) is 17.1 Å². The van der Waals surface area contributed by atoms with Crippen LogP contribution in [0.5, 0.6) is 0 Å². The SMILES string of the molecule is CCOC(=O)C1=C(C)N=c2s/c(=C\c3ccc(-c4cccc(C(F)(F)F)c4)o3)c(=O)n2[C@H]1c1ccc(Cl)cc1. The van der Waals surface area contributed by atoms with Gasteiger partial charge in [-0.3, -0.25) is 9.36 Å². The maximum Gasteiger partial charge on any atom is 0.416 e. The number of hydrogen-bond acceptors (Lipinski definition) is 6. The van der Waals surface area contributed by atoms with E-state index in [1.165, 1.54) is 28.8 Å². The zero-order valence-electron chi connectivity index (χ0n) is 20.6. The van der Waals surface area contributed by atoms with E-state index in [0.717, 1.165) is 23.5 Å². The van der Waals surface area contributed by atoms with E-state index in [1.807, 2.05) is 0 Å². The Hall–Kier alpha value is -3.89. The minimum atomic E-state index is -4.49. The highest BCUT2D eigenvalue weighted by atomic mass is 35.5. The molecule has 0 saturated heterocycles. The van der Waals surface area contributed by atoms with Crippen molar-refractivity contribution in [3.05, 3.63) is 114 Å². The molecule has 0 N–H and O–H groups in total. The second-order valence-electron chi connectivity index (χ2n) is 8.63. The number of thiazole rings is 1. The first-order chi connectivity index (χ1) is 18.6. The van der Waals surface area contributed by atoms with E-state index >= 15 is 0 Å². The molecule has 5 rings (SSSR count). The van der Waals surface area contributed by atoms with Crippen molar-refractivity contribution in [1.82, 2.24) is 4.57 Å². The maximum atomic E-state index is 13.6. The van der Waals surface area contributed by atoms with Gasteiger partial charge in [0.2, 0.25) is 0 Å². The molecule has 0 unspecified atom stereocenters. The summed E-state index contributed by atoms with van der Waals surface area (Å²) >= 11 is 7.18. The lowest BCUT2D eigenvalue weighted by molar-refractivity contribution is -0.139. The summed E-state index contributed by atoms with van der Waals surface area (Å²) in [6.45, 7) is 3.53. The molecule has 0 radical (unpaired) electrons. The quantitative estimate of drug-likeness (QED) is 0.286. The lowest BCUT2D eigenvalue weighted by Gasteiger charge is -2.24. The summed E-state index contributed by atoms with van der Waals surface area (Å²) in [5.74, 6) is -0.0820. The zero-order chi connectivity index (χ0) is 27.9. The number of carbonyl (C=O) groups is 1. The Balaban J connectivity index is 1.60. The predicted octanol–water partition coefficient (Wildman–Crippen LogP) is 5.73. The van der Waals surface area contributed by atoms with Gasteiger partial charge in [-0.25, -0.2) is 9.79 Å². The molecule has 1 aliphatic rings. The van der Waals surface area contributed by atoms with Gasteiger partial charge < -0.3 is 9.15 Å². The lowest BCUT2D eigenvalue weighted by atomic mass is 9.96. The van der Waals surface area contributed by atoms with Gasteiger partial charge in [0.05, 0.1) is 34.0 Å². The van der Waals surface area contributed by atoms with Gasteiger partial charge in [-0.2, -0.15) is 13.2 Å². The minimum Gasteiger partial charge on any atom is -0.463 e. The molecule has 0 saturated carbocycles. The Morgan fingerprint density at radius 1 is 1.18 bits per heavy atom. The molecule has 11 heteroatoms. The number of alkyl halides is 3. The van der Waals surface area contributed by atoms with Crippen LogP contribution in [0.4, 0.5) is 13.2 Å². The smallest absolute Gasteiger partial charge is 0.416 e. The molecule has 0 bridgehead atoms. The van der Waals surface area contributed by atoms with E-state index in [1.54, 1.807) is 44.2 Å².